The predicted octanol–water partition coefficient (Wildman–Crippen LogP) is 0.805. The number of rotatable bonds is 4. The van der Waals surface area contributed by atoms with E-state index in [0.29, 0.717) is 18.7 Å². The number of aryl methyl sites for hydroxylation is 2. The van der Waals surface area contributed by atoms with E-state index in [-0.39, 0.29) is 30.8 Å². The number of ether oxygens (including phenoxy) is 2. The third-order valence-electron chi connectivity index (χ3n) is 4.97. The molecule has 0 aliphatic carbocycles. The monoisotopic (exact) mass is 357 g/mol. The molecule has 4 atom stereocenters. The second kappa shape index (κ2) is 6.83. The highest BCUT2D eigenvalue weighted by atomic mass is 16.6. The minimum atomic E-state index is -0.619. The lowest BCUT2D eigenvalue weighted by Crippen LogP contribution is -2.44. The number of benzene rings is 1. The van der Waals surface area contributed by atoms with Gasteiger partial charge in [0.1, 0.15) is 18.3 Å². The van der Waals surface area contributed by atoms with E-state index < -0.39 is 6.10 Å². The number of fused-ring (bicyclic) bond motifs is 1. The SMILES string of the molecule is Cc1cc(C)n(Cc2cccc(C(=O)N[C@H]3CO[C@H]4[C@@H]3OC[C@H]4O)c2)n1. The molecule has 0 unspecified atom stereocenters. The summed E-state index contributed by atoms with van der Waals surface area (Å²) < 4.78 is 13.0. The minimum Gasteiger partial charge on any atom is -0.388 e. The summed E-state index contributed by atoms with van der Waals surface area (Å²) in [6.07, 6.45) is -1.25. The highest BCUT2D eigenvalue weighted by Gasteiger charge is 2.47. The summed E-state index contributed by atoms with van der Waals surface area (Å²) in [7, 11) is 0. The number of aliphatic hydroxyl groups is 1. The fourth-order valence-electron chi connectivity index (χ4n) is 3.67. The van der Waals surface area contributed by atoms with E-state index in [1.54, 1.807) is 6.07 Å². The van der Waals surface area contributed by atoms with Crippen LogP contribution in [0.2, 0.25) is 0 Å². The Labute approximate surface area is 151 Å². The number of hydrogen-bond acceptors (Lipinski definition) is 5. The molecule has 0 spiro atoms. The zero-order valence-electron chi connectivity index (χ0n) is 14.9. The quantitative estimate of drug-likeness (QED) is 0.846. The van der Waals surface area contributed by atoms with Gasteiger partial charge in [0, 0.05) is 11.3 Å². The fourth-order valence-corrected chi connectivity index (χ4v) is 3.67. The number of aromatic nitrogens is 2. The van der Waals surface area contributed by atoms with Gasteiger partial charge in [0.15, 0.2) is 0 Å². The highest BCUT2D eigenvalue weighted by Crippen LogP contribution is 2.27. The lowest BCUT2D eigenvalue weighted by Gasteiger charge is -2.17. The smallest absolute Gasteiger partial charge is 0.251 e. The first kappa shape index (κ1) is 17.2. The van der Waals surface area contributed by atoms with Gasteiger partial charge in [-0.2, -0.15) is 5.10 Å². The second-order valence-corrected chi connectivity index (χ2v) is 7.03. The van der Waals surface area contributed by atoms with Crippen molar-refractivity contribution in [2.24, 2.45) is 0 Å². The van der Waals surface area contributed by atoms with Crippen molar-refractivity contribution in [2.45, 2.75) is 44.7 Å². The topological polar surface area (TPSA) is 85.6 Å². The van der Waals surface area contributed by atoms with Crippen LogP contribution < -0.4 is 5.32 Å². The third kappa shape index (κ3) is 3.25. The van der Waals surface area contributed by atoms with Crippen LogP contribution in [0.4, 0.5) is 0 Å². The molecule has 138 valence electrons. The lowest BCUT2D eigenvalue weighted by atomic mass is 10.1. The molecule has 2 aliphatic heterocycles. The normalized spacial score (nSPS) is 27.5. The van der Waals surface area contributed by atoms with Crippen molar-refractivity contribution in [1.29, 1.82) is 0 Å². The number of amides is 1. The van der Waals surface area contributed by atoms with Crippen LogP contribution in [0.1, 0.15) is 27.3 Å². The van der Waals surface area contributed by atoms with Crippen molar-refractivity contribution < 1.29 is 19.4 Å². The molecule has 26 heavy (non-hydrogen) atoms. The van der Waals surface area contributed by atoms with Crippen molar-refractivity contribution in [3.8, 4) is 0 Å². The second-order valence-electron chi connectivity index (χ2n) is 7.03. The van der Waals surface area contributed by atoms with Crippen molar-refractivity contribution in [3.63, 3.8) is 0 Å². The standard InChI is InChI=1S/C19H23N3O4/c1-11-6-12(2)22(21-11)8-13-4-3-5-14(7-13)19(24)20-15-9-25-18-16(23)10-26-17(15)18/h3-7,15-18,23H,8-10H2,1-2H3,(H,20,24)/t15-,16+,17+,18+/m0/s1. The number of carbonyl (C=O) groups excluding carboxylic acids is 1. The Kier molecular flexibility index (Phi) is 4.52. The largest absolute Gasteiger partial charge is 0.388 e. The molecule has 2 N–H and O–H groups in total. The van der Waals surface area contributed by atoms with Gasteiger partial charge in [0.05, 0.1) is 31.5 Å². The Hall–Kier alpha value is -2.22. The number of nitrogens with one attached hydrogen (secondary N) is 1. The zero-order valence-corrected chi connectivity index (χ0v) is 14.9. The Balaban J connectivity index is 1.44. The van der Waals surface area contributed by atoms with Gasteiger partial charge >= 0.3 is 0 Å². The highest BCUT2D eigenvalue weighted by molar-refractivity contribution is 5.94. The molecule has 1 amide bonds. The Morgan fingerprint density at radius 2 is 2.08 bits per heavy atom. The first-order valence-corrected chi connectivity index (χ1v) is 8.83. The van der Waals surface area contributed by atoms with Crippen LogP contribution in [-0.4, -0.2) is 58.4 Å². The van der Waals surface area contributed by atoms with Crippen LogP contribution in [0.25, 0.3) is 0 Å². The molecule has 7 heteroatoms. The van der Waals surface area contributed by atoms with E-state index in [9.17, 15) is 9.90 Å². The van der Waals surface area contributed by atoms with E-state index in [4.69, 9.17) is 9.47 Å². The summed E-state index contributed by atoms with van der Waals surface area (Å²) in [6, 6.07) is 9.31. The molecular weight excluding hydrogens is 334 g/mol. The summed E-state index contributed by atoms with van der Waals surface area (Å²) in [6.45, 7) is 5.20. The molecule has 7 nitrogen and oxygen atoms in total. The van der Waals surface area contributed by atoms with Gasteiger partial charge in [-0.25, -0.2) is 0 Å². The number of nitrogens with zero attached hydrogens (tertiary/aromatic N) is 2. The van der Waals surface area contributed by atoms with Crippen LogP contribution >= 0.6 is 0 Å². The van der Waals surface area contributed by atoms with Crippen LogP contribution in [-0.2, 0) is 16.0 Å². The number of aliphatic hydroxyl groups excluding tert-OH is 1. The summed E-state index contributed by atoms with van der Waals surface area (Å²) in [5, 5.41) is 17.2. The molecule has 0 saturated carbocycles. The number of carbonyl (C=O) groups is 1. The molecule has 0 bridgehead atoms. The van der Waals surface area contributed by atoms with Gasteiger partial charge in [0.25, 0.3) is 5.91 Å². The van der Waals surface area contributed by atoms with Crippen LogP contribution in [0.5, 0.6) is 0 Å². The van der Waals surface area contributed by atoms with Crippen molar-refractivity contribution in [2.75, 3.05) is 13.2 Å². The van der Waals surface area contributed by atoms with Crippen molar-refractivity contribution in [1.82, 2.24) is 15.1 Å². The van der Waals surface area contributed by atoms with Gasteiger partial charge in [-0.15, -0.1) is 0 Å². The van der Waals surface area contributed by atoms with Gasteiger partial charge in [0.2, 0.25) is 0 Å². The van der Waals surface area contributed by atoms with E-state index in [1.165, 1.54) is 0 Å². The molecule has 2 aromatic rings. The molecule has 2 fully saturated rings. The average molecular weight is 357 g/mol. The summed E-state index contributed by atoms with van der Waals surface area (Å²) in [4.78, 5) is 12.6. The summed E-state index contributed by atoms with van der Waals surface area (Å²) in [5.41, 5.74) is 3.66. The molecule has 4 rings (SSSR count). The Bertz CT molecular complexity index is 819. The lowest BCUT2D eigenvalue weighted by molar-refractivity contribution is 0.0178. The molecule has 2 aliphatic rings. The van der Waals surface area contributed by atoms with Crippen molar-refractivity contribution in [3.05, 3.63) is 52.8 Å². The minimum absolute atomic E-state index is 0.167. The van der Waals surface area contributed by atoms with Crippen molar-refractivity contribution >= 4 is 5.91 Å². The number of hydrogen-bond donors (Lipinski definition) is 2. The summed E-state index contributed by atoms with van der Waals surface area (Å²) >= 11 is 0. The predicted molar refractivity (Wildman–Crippen MR) is 94.0 cm³/mol. The van der Waals surface area contributed by atoms with E-state index in [2.05, 4.69) is 10.4 Å². The first-order chi connectivity index (χ1) is 12.5. The summed E-state index contributed by atoms with van der Waals surface area (Å²) in [5.74, 6) is -0.167. The van der Waals surface area contributed by atoms with Gasteiger partial charge < -0.3 is 19.9 Å². The Morgan fingerprint density at radius 3 is 2.85 bits per heavy atom. The maximum atomic E-state index is 12.6. The molecule has 1 aromatic heterocycles. The van der Waals surface area contributed by atoms with Crippen LogP contribution in [0, 0.1) is 13.8 Å². The zero-order chi connectivity index (χ0) is 18.3. The maximum Gasteiger partial charge on any atom is 0.251 e. The van der Waals surface area contributed by atoms with Gasteiger partial charge in [-0.1, -0.05) is 12.1 Å². The van der Waals surface area contributed by atoms with Gasteiger partial charge in [-0.05, 0) is 37.6 Å². The third-order valence-corrected chi connectivity index (χ3v) is 4.97. The molecule has 1 aromatic carbocycles. The molecular formula is C19H23N3O4. The molecule has 2 saturated heterocycles. The van der Waals surface area contributed by atoms with Crippen LogP contribution in [0.3, 0.4) is 0 Å². The van der Waals surface area contributed by atoms with Gasteiger partial charge in [-0.3, -0.25) is 9.48 Å². The average Bonchev–Trinajstić information content (AvgIpc) is 3.27. The first-order valence-electron chi connectivity index (χ1n) is 8.83. The van der Waals surface area contributed by atoms with E-state index >= 15 is 0 Å². The van der Waals surface area contributed by atoms with Crippen LogP contribution in [0.15, 0.2) is 30.3 Å². The molecule has 0 radical (unpaired) electrons. The fraction of sp³-hybridized carbons (Fsp3) is 0.474. The van der Waals surface area contributed by atoms with E-state index in [1.807, 2.05) is 42.8 Å². The van der Waals surface area contributed by atoms with E-state index in [0.717, 1.165) is 17.0 Å². The maximum absolute atomic E-state index is 12.6. The molecule has 3 heterocycles. The Morgan fingerprint density at radius 1 is 1.27 bits per heavy atom.